The maximum absolute atomic E-state index is 12.3. The third-order valence-electron chi connectivity index (χ3n) is 4.54. The van der Waals surface area contributed by atoms with Crippen LogP contribution in [0.4, 0.5) is 0 Å². The number of hydrazone groups is 1. The summed E-state index contributed by atoms with van der Waals surface area (Å²) >= 11 is 17.2. The molecule has 1 aliphatic carbocycles. The van der Waals surface area contributed by atoms with Crippen LogP contribution in [0.15, 0.2) is 47.6 Å². The summed E-state index contributed by atoms with van der Waals surface area (Å²) in [6.45, 7) is 0. The van der Waals surface area contributed by atoms with Gasteiger partial charge in [0, 0.05) is 11.1 Å². The molecule has 0 aliphatic heterocycles. The summed E-state index contributed by atoms with van der Waals surface area (Å²) in [5, 5.41) is 8.64. The lowest BCUT2D eigenvalue weighted by molar-refractivity contribution is 0.0735. The van der Waals surface area contributed by atoms with Gasteiger partial charge in [0.25, 0.3) is 0 Å². The van der Waals surface area contributed by atoms with Crippen LogP contribution in [-0.4, -0.2) is 23.3 Å². The SMILES string of the molecule is O=C(Oc1cccc(/C=N/NC(=S)NC2CCCCC2)c1)c1ccc(Cl)cc1Cl. The smallest absolute Gasteiger partial charge is 0.345 e. The van der Waals surface area contributed by atoms with E-state index in [0.29, 0.717) is 21.9 Å². The number of hydrogen-bond donors (Lipinski definition) is 2. The Balaban J connectivity index is 1.55. The molecule has 29 heavy (non-hydrogen) atoms. The highest BCUT2D eigenvalue weighted by molar-refractivity contribution is 7.80. The van der Waals surface area contributed by atoms with Crippen LogP contribution in [0.1, 0.15) is 48.0 Å². The number of halogens is 2. The van der Waals surface area contributed by atoms with Crippen molar-refractivity contribution in [2.45, 2.75) is 38.1 Å². The van der Waals surface area contributed by atoms with Crippen molar-refractivity contribution < 1.29 is 9.53 Å². The van der Waals surface area contributed by atoms with Gasteiger partial charge in [0.05, 0.1) is 16.8 Å². The van der Waals surface area contributed by atoms with E-state index in [-0.39, 0.29) is 10.6 Å². The van der Waals surface area contributed by atoms with E-state index in [1.165, 1.54) is 31.4 Å². The zero-order chi connectivity index (χ0) is 20.6. The van der Waals surface area contributed by atoms with Gasteiger partial charge in [-0.1, -0.05) is 54.6 Å². The Hall–Kier alpha value is -2.15. The van der Waals surface area contributed by atoms with Gasteiger partial charge in [-0.2, -0.15) is 5.10 Å². The van der Waals surface area contributed by atoms with Gasteiger partial charge in [-0.3, -0.25) is 5.43 Å². The molecule has 2 aromatic carbocycles. The molecule has 1 saturated carbocycles. The Morgan fingerprint density at radius 3 is 2.69 bits per heavy atom. The zero-order valence-corrected chi connectivity index (χ0v) is 18.0. The molecule has 2 N–H and O–H groups in total. The van der Waals surface area contributed by atoms with E-state index in [0.717, 1.165) is 18.4 Å². The molecule has 0 radical (unpaired) electrons. The first kappa shape index (κ1) is 21.6. The van der Waals surface area contributed by atoms with Crippen molar-refractivity contribution in [3.05, 3.63) is 63.6 Å². The average Bonchev–Trinajstić information content (AvgIpc) is 2.69. The number of benzene rings is 2. The van der Waals surface area contributed by atoms with Gasteiger partial charge in [0.1, 0.15) is 5.75 Å². The second kappa shape index (κ2) is 10.6. The van der Waals surface area contributed by atoms with Crippen molar-refractivity contribution in [2.75, 3.05) is 0 Å². The first-order chi connectivity index (χ1) is 14.0. The highest BCUT2D eigenvalue weighted by atomic mass is 35.5. The highest BCUT2D eigenvalue weighted by Gasteiger charge is 2.14. The van der Waals surface area contributed by atoms with Crippen LogP contribution in [0.2, 0.25) is 10.0 Å². The van der Waals surface area contributed by atoms with Crippen molar-refractivity contribution >= 4 is 52.7 Å². The van der Waals surface area contributed by atoms with Crippen molar-refractivity contribution in [3.8, 4) is 5.75 Å². The molecule has 0 atom stereocenters. The van der Waals surface area contributed by atoms with Crippen molar-refractivity contribution in [3.63, 3.8) is 0 Å². The molecule has 0 amide bonds. The number of rotatable bonds is 5. The van der Waals surface area contributed by atoms with Crippen LogP contribution in [0.5, 0.6) is 5.75 Å². The topological polar surface area (TPSA) is 62.7 Å². The standard InChI is InChI=1S/C21H21Cl2N3O2S/c22-15-9-10-18(19(23)12-15)20(27)28-17-8-4-5-14(11-17)13-24-26-21(29)25-16-6-2-1-3-7-16/h4-5,8-13,16H,1-3,6-7H2,(H2,25,26,29)/b24-13+. The number of nitrogens with zero attached hydrogens (tertiary/aromatic N) is 1. The molecule has 1 aliphatic rings. The number of hydrogen-bond acceptors (Lipinski definition) is 4. The normalized spacial score (nSPS) is 14.6. The second-order valence-corrected chi connectivity index (χ2v) is 8.02. The number of carbonyl (C=O) groups excluding carboxylic acids is 1. The number of ether oxygens (including phenoxy) is 1. The molecule has 0 spiro atoms. The zero-order valence-electron chi connectivity index (χ0n) is 15.7. The molecule has 0 saturated heterocycles. The van der Waals surface area contributed by atoms with Gasteiger partial charge < -0.3 is 10.1 Å². The lowest BCUT2D eigenvalue weighted by Crippen LogP contribution is -2.40. The fourth-order valence-electron chi connectivity index (χ4n) is 3.11. The Labute approximate surface area is 185 Å². The molecular weight excluding hydrogens is 429 g/mol. The third-order valence-corrected chi connectivity index (χ3v) is 5.30. The highest BCUT2D eigenvalue weighted by Crippen LogP contribution is 2.23. The van der Waals surface area contributed by atoms with Crippen molar-refractivity contribution in [1.82, 2.24) is 10.7 Å². The molecule has 1 fully saturated rings. The second-order valence-electron chi connectivity index (χ2n) is 6.76. The lowest BCUT2D eigenvalue weighted by Gasteiger charge is -2.23. The Bertz CT molecular complexity index is 915. The van der Waals surface area contributed by atoms with Crippen molar-refractivity contribution in [1.29, 1.82) is 0 Å². The summed E-state index contributed by atoms with van der Waals surface area (Å²) in [4.78, 5) is 12.3. The molecule has 0 aromatic heterocycles. The fourth-order valence-corrected chi connectivity index (χ4v) is 3.81. The van der Waals surface area contributed by atoms with Crippen LogP contribution >= 0.6 is 35.4 Å². The molecule has 8 heteroatoms. The van der Waals surface area contributed by atoms with E-state index < -0.39 is 5.97 Å². The quantitative estimate of drug-likeness (QED) is 0.212. The van der Waals surface area contributed by atoms with E-state index >= 15 is 0 Å². The number of thiocarbonyl (C=S) groups is 1. The molecule has 0 heterocycles. The summed E-state index contributed by atoms with van der Waals surface area (Å²) in [6.07, 6.45) is 7.64. The van der Waals surface area contributed by atoms with Gasteiger partial charge in [-0.05, 0) is 61.0 Å². The molecule has 152 valence electrons. The van der Waals surface area contributed by atoms with Crippen LogP contribution in [-0.2, 0) is 0 Å². The van der Waals surface area contributed by atoms with Crippen LogP contribution in [0.25, 0.3) is 0 Å². The van der Waals surface area contributed by atoms with Crippen LogP contribution in [0, 0.1) is 0 Å². The predicted octanol–water partition coefficient (Wildman–Crippen LogP) is 5.34. The Morgan fingerprint density at radius 2 is 1.93 bits per heavy atom. The minimum atomic E-state index is -0.559. The molecule has 5 nitrogen and oxygen atoms in total. The van der Waals surface area contributed by atoms with Gasteiger partial charge in [0.2, 0.25) is 0 Å². The van der Waals surface area contributed by atoms with E-state index in [1.54, 1.807) is 30.5 Å². The monoisotopic (exact) mass is 449 g/mol. The summed E-state index contributed by atoms with van der Waals surface area (Å²) < 4.78 is 5.40. The maximum Gasteiger partial charge on any atom is 0.345 e. The minimum absolute atomic E-state index is 0.239. The number of nitrogens with one attached hydrogen (secondary N) is 2. The van der Waals surface area contributed by atoms with E-state index in [4.69, 9.17) is 40.2 Å². The van der Waals surface area contributed by atoms with Gasteiger partial charge in [0.15, 0.2) is 5.11 Å². The van der Waals surface area contributed by atoms with Gasteiger partial charge in [-0.15, -0.1) is 0 Å². The first-order valence-corrected chi connectivity index (χ1v) is 10.5. The average molecular weight is 450 g/mol. The molecular formula is C21H21Cl2N3O2S. The molecule has 2 aromatic rings. The van der Waals surface area contributed by atoms with Gasteiger partial charge in [-0.25, -0.2) is 4.79 Å². The Kier molecular flexibility index (Phi) is 7.86. The molecule has 0 unspecified atom stereocenters. The van der Waals surface area contributed by atoms with Gasteiger partial charge >= 0.3 is 5.97 Å². The first-order valence-electron chi connectivity index (χ1n) is 9.38. The number of carbonyl (C=O) groups is 1. The lowest BCUT2D eigenvalue weighted by atomic mass is 9.96. The number of esters is 1. The fraction of sp³-hybridized carbons (Fsp3) is 0.286. The largest absolute Gasteiger partial charge is 0.423 e. The maximum atomic E-state index is 12.3. The van der Waals surface area contributed by atoms with E-state index in [2.05, 4.69) is 15.8 Å². The summed E-state index contributed by atoms with van der Waals surface area (Å²) in [6, 6.07) is 12.0. The molecule has 0 bridgehead atoms. The van der Waals surface area contributed by atoms with Crippen molar-refractivity contribution in [2.24, 2.45) is 5.10 Å². The van der Waals surface area contributed by atoms with Crippen LogP contribution < -0.4 is 15.5 Å². The van der Waals surface area contributed by atoms with E-state index in [1.807, 2.05) is 6.07 Å². The predicted molar refractivity (Wildman–Crippen MR) is 121 cm³/mol. The Morgan fingerprint density at radius 1 is 1.14 bits per heavy atom. The van der Waals surface area contributed by atoms with Crippen LogP contribution in [0.3, 0.4) is 0 Å². The summed E-state index contributed by atoms with van der Waals surface area (Å²) in [5.74, 6) is -0.176. The minimum Gasteiger partial charge on any atom is -0.423 e. The summed E-state index contributed by atoms with van der Waals surface area (Å²) in [7, 11) is 0. The molecule has 3 rings (SSSR count). The third kappa shape index (κ3) is 6.70. The van der Waals surface area contributed by atoms with E-state index in [9.17, 15) is 4.79 Å². The summed E-state index contributed by atoms with van der Waals surface area (Å²) in [5.41, 5.74) is 3.83.